The van der Waals surface area contributed by atoms with Crippen LogP contribution in [0.3, 0.4) is 0 Å². The Balaban J connectivity index is 2.06. The maximum Gasteiger partial charge on any atom is 0.309 e. The minimum Gasteiger partial charge on any atom is -0.466 e. The predicted octanol–water partition coefficient (Wildman–Crippen LogP) is 3.52. The molecule has 1 aromatic rings. The van der Waals surface area contributed by atoms with Gasteiger partial charge in [-0.15, -0.1) is 0 Å². The Kier molecular flexibility index (Phi) is 4.07. The van der Waals surface area contributed by atoms with Crippen molar-refractivity contribution in [3.05, 3.63) is 32.9 Å². The van der Waals surface area contributed by atoms with Crippen LogP contribution in [0.4, 0.5) is 0 Å². The van der Waals surface area contributed by atoms with Crippen LogP contribution in [0.1, 0.15) is 37.3 Å². The van der Waals surface area contributed by atoms with Gasteiger partial charge in [-0.25, -0.2) is 0 Å². The van der Waals surface area contributed by atoms with Crippen LogP contribution in [-0.4, -0.2) is 12.6 Å². The predicted molar refractivity (Wildman–Crippen MR) is 76.0 cm³/mol. The van der Waals surface area contributed by atoms with Gasteiger partial charge in [0.2, 0.25) is 0 Å². The maximum absolute atomic E-state index is 11.6. The van der Waals surface area contributed by atoms with Crippen molar-refractivity contribution in [2.75, 3.05) is 6.61 Å². The molecule has 1 aliphatic carbocycles. The lowest BCUT2D eigenvalue weighted by Crippen LogP contribution is -2.07. The molecular weight excluding hydrogens is 327 g/mol. The van der Waals surface area contributed by atoms with Gasteiger partial charge in [-0.1, -0.05) is 19.1 Å². The van der Waals surface area contributed by atoms with E-state index in [2.05, 4.69) is 47.7 Å². The number of ether oxygens (including phenoxy) is 1. The third kappa shape index (κ3) is 2.81. The van der Waals surface area contributed by atoms with Crippen molar-refractivity contribution >= 4 is 28.6 Å². The monoisotopic (exact) mass is 344 g/mol. The molecule has 1 fully saturated rings. The standard InChI is InChI=1S/C14H17IO2/c1-3-9-5-6-10(7-13(9)15)11-8-12(11)14(16)17-4-2/h5-7,11-12H,3-4,8H2,1-2H3/t11-,12-/m1/s1. The van der Waals surface area contributed by atoms with E-state index in [-0.39, 0.29) is 11.9 Å². The third-order valence-corrected chi connectivity index (χ3v) is 4.27. The first-order chi connectivity index (χ1) is 8.17. The molecule has 1 aromatic carbocycles. The maximum atomic E-state index is 11.6. The number of esters is 1. The minimum atomic E-state index is -0.0351. The van der Waals surface area contributed by atoms with Crippen molar-refractivity contribution in [3.63, 3.8) is 0 Å². The van der Waals surface area contributed by atoms with Gasteiger partial charge in [0, 0.05) is 3.57 Å². The molecule has 1 saturated carbocycles. The highest BCUT2D eigenvalue weighted by molar-refractivity contribution is 14.1. The van der Waals surface area contributed by atoms with Gasteiger partial charge in [0.25, 0.3) is 0 Å². The zero-order valence-corrected chi connectivity index (χ0v) is 12.4. The Morgan fingerprint density at radius 2 is 2.24 bits per heavy atom. The molecule has 92 valence electrons. The Hall–Kier alpha value is -0.580. The molecule has 2 nitrogen and oxygen atoms in total. The third-order valence-electron chi connectivity index (χ3n) is 3.27. The molecule has 0 saturated heterocycles. The smallest absolute Gasteiger partial charge is 0.309 e. The molecule has 3 heteroatoms. The molecule has 0 bridgehead atoms. The number of aryl methyl sites for hydroxylation is 1. The van der Waals surface area contributed by atoms with Gasteiger partial charge in [0.05, 0.1) is 12.5 Å². The molecule has 1 aliphatic rings. The lowest BCUT2D eigenvalue weighted by Gasteiger charge is -2.05. The lowest BCUT2D eigenvalue weighted by atomic mass is 10.1. The van der Waals surface area contributed by atoms with Crippen LogP contribution < -0.4 is 0 Å². The molecule has 0 heterocycles. The van der Waals surface area contributed by atoms with E-state index in [0.29, 0.717) is 12.5 Å². The molecule has 2 atom stereocenters. The first kappa shape index (κ1) is 12.9. The number of hydrogen-bond donors (Lipinski definition) is 0. The minimum absolute atomic E-state index is 0.0351. The summed E-state index contributed by atoms with van der Waals surface area (Å²) in [7, 11) is 0. The van der Waals surface area contributed by atoms with Gasteiger partial charge < -0.3 is 4.74 Å². The number of halogens is 1. The summed E-state index contributed by atoms with van der Waals surface area (Å²) >= 11 is 2.37. The average molecular weight is 344 g/mol. The molecular formula is C14H17IO2. The topological polar surface area (TPSA) is 26.3 Å². The summed E-state index contributed by atoms with van der Waals surface area (Å²) in [6.07, 6.45) is 2.00. The van der Waals surface area contributed by atoms with Crippen molar-refractivity contribution < 1.29 is 9.53 Å². The summed E-state index contributed by atoms with van der Waals surface area (Å²) in [6, 6.07) is 6.55. The first-order valence-corrected chi connectivity index (χ1v) is 7.20. The van der Waals surface area contributed by atoms with E-state index in [0.717, 1.165) is 12.8 Å². The highest BCUT2D eigenvalue weighted by atomic mass is 127. The van der Waals surface area contributed by atoms with Crippen LogP contribution in [0.15, 0.2) is 18.2 Å². The van der Waals surface area contributed by atoms with E-state index in [9.17, 15) is 4.79 Å². The zero-order chi connectivity index (χ0) is 12.4. The SMILES string of the molecule is CCOC(=O)[C@@H]1C[C@@H]1c1ccc(CC)c(I)c1. The number of carbonyl (C=O) groups excluding carboxylic acids is 1. The Labute approximate surface area is 116 Å². The summed E-state index contributed by atoms with van der Waals surface area (Å²) in [4.78, 5) is 11.6. The number of carbonyl (C=O) groups is 1. The summed E-state index contributed by atoms with van der Waals surface area (Å²) in [5, 5.41) is 0. The molecule has 0 unspecified atom stereocenters. The van der Waals surface area contributed by atoms with E-state index < -0.39 is 0 Å². The fourth-order valence-corrected chi connectivity index (χ4v) is 3.07. The second-order valence-electron chi connectivity index (χ2n) is 4.41. The number of rotatable bonds is 4. The highest BCUT2D eigenvalue weighted by Gasteiger charge is 2.45. The fraction of sp³-hybridized carbons (Fsp3) is 0.500. The number of hydrogen-bond acceptors (Lipinski definition) is 2. The molecule has 0 aromatic heterocycles. The molecule has 17 heavy (non-hydrogen) atoms. The quantitative estimate of drug-likeness (QED) is 0.617. The molecule has 0 spiro atoms. The summed E-state index contributed by atoms with van der Waals surface area (Å²) in [6.45, 7) is 4.50. The normalized spacial score (nSPS) is 22.3. The van der Waals surface area contributed by atoms with Crippen molar-refractivity contribution in [2.45, 2.75) is 32.6 Å². The van der Waals surface area contributed by atoms with E-state index in [1.165, 1.54) is 14.7 Å². The molecule has 0 amide bonds. The molecule has 0 N–H and O–H groups in total. The average Bonchev–Trinajstić information content (AvgIpc) is 3.09. The Morgan fingerprint density at radius 3 is 2.82 bits per heavy atom. The molecule has 2 rings (SSSR count). The summed E-state index contributed by atoms with van der Waals surface area (Å²) in [5.74, 6) is 0.443. The Morgan fingerprint density at radius 1 is 1.47 bits per heavy atom. The fourth-order valence-electron chi connectivity index (χ4n) is 2.15. The molecule has 0 radical (unpaired) electrons. The van der Waals surface area contributed by atoms with Gasteiger partial charge in [-0.2, -0.15) is 0 Å². The van der Waals surface area contributed by atoms with Gasteiger partial charge >= 0.3 is 5.97 Å². The number of benzene rings is 1. The van der Waals surface area contributed by atoms with Crippen molar-refractivity contribution in [3.8, 4) is 0 Å². The van der Waals surface area contributed by atoms with Crippen molar-refractivity contribution in [1.29, 1.82) is 0 Å². The van der Waals surface area contributed by atoms with E-state index in [4.69, 9.17) is 4.74 Å². The summed E-state index contributed by atoms with van der Waals surface area (Å²) < 4.78 is 6.35. The first-order valence-electron chi connectivity index (χ1n) is 6.12. The van der Waals surface area contributed by atoms with Crippen molar-refractivity contribution in [1.82, 2.24) is 0 Å². The van der Waals surface area contributed by atoms with Gasteiger partial charge in [-0.3, -0.25) is 4.79 Å². The van der Waals surface area contributed by atoms with Crippen LogP contribution in [0.5, 0.6) is 0 Å². The van der Waals surface area contributed by atoms with Crippen LogP contribution in [-0.2, 0) is 16.0 Å². The van der Waals surface area contributed by atoms with E-state index >= 15 is 0 Å². The lowest BCUT2D eigenvalue weighted by molar-refractivity contribution is -0.144. The van der Waals surface area contributed by atoms with Crippen LogP contribution in [0, 0.1) is 9.49 Å². The van der Waals surface area contributed by atoms with Gasteiger partial charge in [0.1, 0.15) is 0 Å². The van der Waals surface area contributed by atoms with Gasteiger partial charge in [0.15, 0.2) is 0 Å². The van der Waals surface area contributed by atoms with E-state index in [1.807, 2.05) is 6.92 Å². The second kappa shape index (κ2) is 5.38. The van der Waals surface area contributed by atoms with Gasteiger partial charge in [-0.05, 0) is 65.5 Å². The van der Waals surface area contributed by atoms with E-state index in [1.54, 1.807) is 0 Å². The van der Waals surface area contributed by atoms with Crippen LogP contribution in [0.25, 0.3) is 0 Å². The van der Waals surface area contributed by atoms with Crippen LogP contribution in [0.2, 0.25) is 0 Å². The van der Waals surface area contributed by atoms with Crippen molar-refractivity contribution in [2.24, 2.45) is 5.92 Å². The highest BCUT2D eigenvalue weighted by Crippen LogP contribution is 2.48. The Bertz CT molecular complexity index is 428. The molecule has 0 aliphatic heterocycles. The zero-order valence-electron chi connectivity index (χ0n) is 10.2. The second-order valence-corrected chi connectivity index (χ2v) is 5.57. The summed E-state index contributed by atoms with van der Waals surface area (Å²) in [5.41, 5.74) is 2.66. The largest absolute Gasteiger partial charge is 0.466 e. The van der Waals surface area contributed by atoms with Crippen LogP contribution >= 0.6 is 22.6 Å².